The van der Waals surface area contributed by atoms with Gasteiger partial charge in [0.05, 0.1) is 17.3 Å². The van der Waals surface area contributed by atoms with Crippen molar-refractivity contribution in [2.45, 2.75) is 20.4 Å². The molecule has 2 aromatic carbocycles. The molecule has 1 heterocycles. The maximum atomic E-state index is 12.3. The molecule has 3 aromatic rings. The number of hydrogen-bond acceptors (Lipinski definition) is 4. The third kappa shape index (κ3) is 4.38. The van der Waals surface area contributed by atoms with E-state index in [2.05, 4.69) is 5.32 Å². The fraction of sp³-hybridized carbons (Fsp3) is 0.238. The van der Waals surface area contributed by atoms with Crippen LogP contribution >= 0.6 is 11.6 Å². The fourth-order valence-corrected chi connectivity index (χ4v) is 3.18. The number of anilines is 1. The highest BCUT2D eigenvalue weighted by Crippen LogP contribution is 2.24. The first-order valence-corrected chi connectivity index (χ1v) is 8.99. The molecule has 27 heavy (non-hydrogen) atoms. The van der Waals surface area contributed by atoms with Gasteiger partial charge in [-0.05, 0) is 49.7 Å². The lowest BCUT2D eigenvalue weighted by atomic mass is 10.0. The number of carbonyl (C=O) groups excluding carboxylic acids is 1. The van der Waals surface area contributed by atoms with E-state index in [4.69, 9.17) is 16.0 Å². The van der Waals surface area contributed by atoms with Crippen LogP contribution in [0.1, 0.15) is 16.7 Å². The Morgan fingerprint density at radius 2 is 1.93 bits per heavy atom. The maximum absolute atomic E-state index is 12.3. The molecule has 5 nitrogen and oxygen atoms in total. The van der Waals surface area contributed by atoms with Crippen LogP contribution in [0, 0.1) is 13.8 Å². The van der Waals surface area contributed by atoms with Gasteiger partial charge < -0.3 is 9.73 Å². The molecule has 0 saturated carbocycles. The quantitative estimate of drug-likeness (QED) is 0.672. The first-order chi connectivity index (χ1) is 12.8. The summed E-state index contributed by atoms with van der Waals surface area (Å²) in [6.07, 6.45) is 0. The Morgan fingerprint density at radius 1 is 1.19 bits per heavy atom. The minimum atomic E-state index is -0.389. The zero-order chi connectivity index (χ0) is 19.6. The Morgan fingerprint density at radius 3 is 2.67 bits per heavy atom. The molecule has 0 bridgehead atoms. The molecule has 6 heteroatoms. The number of fused-ring (bicyclic) bond motifs is 1. The fourth-order valence-electron chi connectivity index (χ4n) is 3.00. The standard InChI is InChI=1S/C21H21ClN2O3/c1-13-8-9-16-15(10-20(26)27-21(16)14(13)2)11-24(3)12-19(25)23-18-7-5-4-6-17(18)22/h4-10H,11-12H2,1-3H3,(H,23,25). The molecular weight excluding hydrogens is 364 g/mol. The lowest BCUT2D eigenvalue weighted by molar-refractivity contribution is -0.117. The van der Waals surface area contributed by atoms with E-state index < -0.39 is 0 Å². The van der Waals surface area contributed by atoms with Gasteiger partial charge in [0.15, 0.2) is 0 Å². The van der Waals surface area contributed by atoms with E-state index in [-0.39, 0.29) is 18.1 Å². The van der Waals surface area contributed by atoms with Gasteiger partial charge in [-0.3, -0.25) is 9.69 Å². The van der Waals surface area contributed by atoms with Gasteiger partial charge in [-0.15, -0.1) is 0 Å². The van der Waals surface area contributed by atoms with Gasteiger partial charge >= 0.3 is 5.63 Å². The number of amides is 1. The number of rotatable bonds is 5. The molecule has 140 valence electrons. The molecule has 0 spiro atoms. The van der Waals surface area contributed by atoms with Crippen molar-refractivity contribution in [2.75, 3.05) is 18.9 Å². The maximum Gasteiger partial charge on any atom is 0.336 e. The van der Waals surface area contributed by atoms with E-state index in [0.29, 0.717) is 22.8 Å². The Kier molecular flexibility index (Phi) is 5.63. The molecule has 3 rings (SSSR count). The highest BCUT2D eigenvalue weighted by atomic mass is 35.5. The Hall–Kier alpha value is -2.63. The van der Waals surface area contributed by atoms with E-state index in [1.807, 2.05) is 44.0 Å². The van der Waals surface area contributed by atoms with Gasteiger partial charge in [-0.2, -0.15) is 0 Å². The van der Waals surface area contributed by atoms with Gasteiger partial charge in [-0.1, -0.05) is 35.9 Å². The molecule has 0 aliphatic heterocycles. The van der Waals surface area contributed by atoms with Crippen LogP contribution in [-0.2, 0) is 11.3 Å². The first kappa shape index (κ1) is 19.1. The first-order valence-electron chi connectivity index (χ1n) is 8.61. The summed E-state index contributed by atoms with van der Waals surface area (Å²) in [7, 11) is 1.83. The largest absolute Gasteiger partial charge is 0.422 e. The Labute approximate surface area is 162 Å². The minimum Gasteiger partial charge on any atom is -0.422 e. The van der Waals surface area contributed by atoms with Crippen LogP contribution in [0.4, 0.5) is 5.69 Å². The van der Waals surface area contributed by atoms with E-state index in [9.17, 15) is 9.59 Å². The van der Waals surface area contributed by atoms with E-state index in [0.717, 1.165) is 22.1 Å². The lowest BCUT2D eigenvalue weighted by Crippen LogP contribution is -2.30. The zero-order valence-electron chi connectivity index (χ0n) is 15.5. The molecule has 1 N–H and O–H groups in total. The molecule has 1 amide bonds. The van der Waals surface area contributed by atoms with Crippen molar-refractivity contribution in [1.82, 2.24) is 4.90 Å². The van der Waals surface area contributed by atoms with E-state index in [1.54, 1.807) is 18.2 Å². The normalized spacial score (nSPS) is 11.1. The number of nitrogens with zero attached hydrogens (tertiary/aromatic N) is 1. The summed E-state index contributed by atoms with van der Waals surface area (Å²) in [6.45, 7) is 4.52. The predicted octanol–water partition coefficient (Wildman–Crippen LogP) is 4.13. The highest BCUT2D eigenvalue weighted by Gasteiger charge is 2.13. The molecule has 0 unspecified atom stereocenters. The average molecular weight is 385 g/mol. The van der Waals surface area contributed by atoms with Crippen LogP contribution in [0.2, 0.25) is 5.02 Å². The van der Waals surface area contributed by atoms with Crippen molar-refractivity contribution in [2.24, 2.45) is 0 Å². The van der Waals surface area contributed by atoms with Gasteiger partial charge in [0.25, 0.3) is 0 Å². The molecule has 0 aliphatic carbocycles. The second kappa shape index (κ2) is 7.94. The summed E-state index contributed by atoms with van der Waals surface area (Å²) in [6, 6.07) is 12.5. The molecule has 0 aliphatic rings. The number of benzene rings is 2. The van der Waals surface area contributed by atoms with Crippen molar-refractivity contribution in [1.29, 1.82) is 0 Å². The van der Waals surface area contributed by atoms with Crippen LogP contribution in [0.25, 0.3) is 11.0 Å². The van der Waals surface area contributed by atoms with Gasteiger partial charge in [0.2, 0.25) is 5.91 Å². The van der Waals surface area contributed by atoms with Crippen LogP contribution in [0.5, 0.6) is 0 Å². The summed E-state index contributed by atoms with van der Waals surface area (Å²) in [5.41, 5.74) is 3.64. The average Bonchev–Trinajstić information content (AvgIpc) is 2.60. The summed E-state index contributed by atoms with van der Waals surface area (Å²) >= 11 is 6.07. The number of likely N-dealkylation sites (N-methyl/N-ethyl adjacent to an activating group) is 1. The van der Waals surface area contributed by atoms with Crippen LogP contribution in [0.15, 0.2) is 51.7 Å². The molecule has 0 fully saturated rings. The smallest absolute Gasteiger partial charge is 0.336 e. The molecule has 1 aromatic heterocycles. The Balaban J connectivity index is 1.77. The van der Waals surface area contributed by atoms with Crippen molar-refractivity contribution in [3.8, 4) is 0 Å². The topological polar surface area (TPSA) is 62.6 Å². The third-order valence-corrected chi connectivity index (χ3v) is 4.85. The number of hydrogen-bond donors (Lipinski definition) is 1. The van der Waals surface area contributed by atoms with Crippen molar-refractivity contribution >= 4 is 34.2 Å². The van der Waals surface area contributed by atoms with Crippen molar-refractivity contribution < 1.29 is 9.21 Å². The van der Waals surface area contributed by atoms with E-state index >= 15 is 0 Å². The second-order valence-corrected chi connectivity index (χ2v) is 7.08. The minimum absolute atomic E-state index is 0.164. The number of nitrogens with one attached hydrogen (secondary N) is 1. The number of halogens is 1. The van der Waals surface area contributed by atoms with E-state index in [1.165, 1.54) is 6.07 Å². The SMILES string of the molecule is Cc1ccc2c(CN(C)CC(=O)Nc3ccccc3Cl)cc(=O)oc2c1C. The third-order valence-electron chi connectivity index (χ3n) is 4.52. The number of carbonyl (C=O) groups is 1. The summed E-state index contributed by atoms with van der Waals surface area (Å²) in [4.78, 5) is 26.1. The summed E-state index contributed by atoms with van der Waals surface area (Å²) in [5.74, 6) is -0.176. The van der Waals surface area contributed by atoms with Gasteiger partial charge in [-0.25, -0.2) is 4.79 Å². The Bertz CT molecular complexity index is 1060. The highest BCUT2D eigenvalue weighted by molar-refractivity contribution is 6.33. The number of para-hydroxylation sites is 1. The van der Waals surface area contributed by atoms with Crippen molar-refractivity contribution in [3.05, 3.63) is 74.6 Å². The molecule has 0 radical (unpaired) electrons. The summed E-state index contributed by atoms with van der Waals surface area (Å²) < 4.78 is 5.40. The van der Waals surface area contributed by atoms with Crippen LogP contribution in [0.3, 0.4) is 0 Å². The zero-order valence-corrected chi connectivity index (χ0v) is 16.3. The number of aryl methyl sites for hydroxylation is 2. The predicted molar refractivity (Wildman–Crippen MR) is 108 cm³/mol. The van der Waals surface area contributed by atoms with Crippen LogP contribution < -0.4 is 10.9 Å². The molecular formula is C21H21ClN2O3. The second-order valence-electron chi connectivity index (χ2n) is 6.68. The van der Waals surface area contributed by atoms with Gasteiger partial charge in [0.1, 0.15) is 5.58 Å². The lowest BCUT2D eigenvalue weighted by Gasteiger charge is -2.18. The van der Waals surface area contributed by atoms with Crippen molar-refractivity contribution in [3.63, 3.8) is 0 Å². The monoisotopic (exact) mass is 384 g/mol. The summed E-state index contributed by atoms with van der Waals surface area (Å²) in [5, 5.41) is 4.18. The van der Waals surface area contributed by atoms with Gasteiger partial charge in [0, 0.05) is 18.0 Å². The molecule has 0 saturated heterocycles. The van der Waals surface area contributed by atoms with Crippen LogP contribution in [-0.4, -0.2) is 24.4 Å². The molecule has 0 atom stereocenters.